The van der Waals surface area contributed by atoms with Gasteiger partial charge in [-0.15, -0.1) is 0 Å². The molecule has 162 valence electrons. The molecule has 0 radical (unpaired) electrons. The van der Waals surface area contributed by atoms with E-state index in [1.807, 2.05) is 43.0 Å². The minimum Gasteiger partial charge on any atom is -0.333 e. The zero-order valence-electron chi connectivity index (χ0n) is 18.3. The Balaban J connectivity index is 1.91. The maximum absolute atomic E-state index is 13.6. The van der Waals surface area contributed by atoms with Crippen LogP contribution < -0.4 is 5.56 Å². The predicted octanol–water partition coefficient (Wildman–Crippen LogP) is 5.45. The van der Waals surface area contributed by atoms with Crippen molar-refractivity contribution in [3.8, 4) is 5.69 Å². The Kier molecular flexibility index (Phi) is 6.15. The van der Waals surface area contributed by atoms with Crippen LogP contribution in [0.15, 0.2) is 47.3 Å². The van der Waals surface area contributed by atoms with Gasteiger partial charge in [-0.25, -0.2) is 4.98 Å². The number of rotatable bonds is 6. The smallest absolute Gasteiger partial charge is 0.266 e. The molecule has 1 aliphatic rings. The number of nitrogens with zero attached hydrogens (tertiary/aromatic N) is 3. The Morgan fingerprint density at radius 2 is 1.94 bits per heavy atom. The molecule has 3 aromatic rings. The van der Waals surface area contributed by atoms with Crippen LogP contribution in [0.3, 0.4) is 0 Å². The SMILES string of the molecule is CCCN(C(=O)C1CCC1)C(C)c1nc2cc(Cl)ccc2c(=O)n1-c1ccc(C)cc1. The lowest BCUT2D eigenvalue weighted by atomic mass is 9.84. The average Bonchev–Trinajstić information content (AvgIpc) is 2.70. The predicted molar refractivity (Wildman–Crippen MR) is 125 cm³/mol. The van der Waals surface area contributed by atoms with Gasteiger partial charge < -0.3 is 4.90 Å². The van der Waals surface area contributed by atoms with Crippen LogP contribution in [-0.4, -0.2) is 26.9 Å². The molecule has 0 saturated heterocycles. The molecule has 4 rings (SSSR count). The van der Waals surface area contributed by atoms with Crippen molar-refractivity contribution < 1.29 is 4.79 Å². The van der Waals surface area contributed by atoms with Crippen molar-refractivity contribution in [2.24, 2.45) is 5.92 Å². The number of benzene rings is 2. The fourth-order valence-corrected chi connectivity index (χ4v) is 4.33. The van der Waals surface area contributed by atoms with Crippen molar-refractivity contribution in [2.45, 2.75) is 52.5 Å². The number of hydrogen-bond donors (Lipinski definition) is 0. The lowest BCUT2D eigenvalue weighted by Crippen LogP contribution is -2.42. The zero-order chi connectivity index (χ0) is 22.1. The number of carbonyl (C=O) groups is 1. The largest absolute Gasteiger partial charge is 0.333 e. The van der Waals surface area contributed by atoms with Crippen molar-refractivity contribution in [2.75, 3.05) is 6.54 Å². The lowest BCUT2D eigenvalue weighted by molar-refractivity contribution is -0.140. The van der Waals surface area contributed by atoms with E-state index in [1.54, 1.807) is 22.8 Å². The molecule has 6 heteroatoms. The minimum atomic E-state index is -0.342. The fourth-order valence-electron chi connectivity index (χ4n) is 4.16. The van der Waals surface area contributed by atoms with Crippen LogP contribution in [0.2, 0.25) is 5.02 Å². The third kappa shape index (κ3) is 4.11. The zero-order valence-corrected chi connectivity index (χ0v) is 19.0. The Hall–Kier alpha value is -2.66. The third-order valence-corrected chi connectivity index (χ3v) is 6.43. The summed E-state index contributed by atoms with van der Waals surface area (Å²) in [7, 11) is 0. The molecule has 31 heavy (non-hydrogen) atoms. The molecular weight excluding hydrogens is 410 g/mol. The first-order valence-electron chi connectivity index (χ1n) is 11.0. The monoisotopic (exact) mass is 437 g/mol. The summed E-state index contributed by atoms with van der Waals surface area (Å²) in [5.41, 5.74) is 2.25. The van der Waals surface area contributed by atoms with Gasteiger partial charge in [0.25, 0.3) is 5.56 Å². The molecule has 1 amide bonds. The molecule has 1 aromatic heterocycles. The molecule has 0 spiro atoms. The summed E-state index contributed by atoms with van der Waals surface area (Å²) in [6, 6.07) is 12.6. The molecule has 1 fully saturated rings. The Morgan fingerprint density at radius 3 is 2.55 bits per heavy atom. The Labute approximate surface area is 187 Å². The van der Waals surface area contributed by atoms with E-state index in [-0.39, 0.29) is 23.4 Å². The van der Waals surface area contributed by atoms with E-state index < -0.39 is 0 Å². The van der Waals surface area contributed by atoms with Crippen LogP contribution in [0.25, 0.3) is 16.6 Å². The molecular formula is C25H28ClN3O2. The summed E-state index contributed by atoms with van der Waals surface area (Å²) in [6.07, 6.45) is 3.83. The second kappa shape index (κ2) is 8.83. The number of aromatic nitrogens is 2. The topological polar surface area (TPSA) is 55.2 Å². The normalized spacial score (nSPS) is 15.0. The second-order valence-corrected chi connectivity index (χ2v) is 8.88. The molecule has 1 saturated carbocycles. The van der Waals surface area contributed by atoms with Gasteiger partial charge in [0.1, 0.15) is 5.82 Å². The molecule has 1 unspecified atom stereocenters. The molecule has 2 aromatic carbocycles. The van der Waals surface area contributed by atoms with Crippen LogP contribution in [0.5, 0.6) is 0 Å². The first-order chi connectivity index (χ1) is 14.9. The molecule has 1 aliphatic carbocycles. The van der Waals surface area contributed by atoms with Crippen molar-refractivity contribution in [1.82, 2.24) is 14.5 Å². The number of amides is 1. The van der Waals surface area contributed by atoms with Gasteiger partial charge in [0.05, 0.1) is 22.6 Å². The van der Waals surface area contributed by atoms with Gasteiger partial charge in [0.2, 0.25) is 5.91 Å². The molecule has 0 aliphatic heterocycles. The van der Waals surface area contributed by atoms with E-state index in [4.69, 9.17) is 16.6 Å². The first-order valence-corrected chi connectivity index (χ1v) is 11.4. The number of carbonyl (C=O) groups excluding carboxylic acids is 1. The van der Waals surface area contributed by atoms with Crippen LogP contribution >= 0.6 is 11.6 Å². The highest BCUT2D eigenvalue weighted by Crippen LogP contribution is 2.32. The average molecular weight is 438 g/mol. The molecule has 5 nitrogen and oxygen atoms in total. The van der Waals surface area contributed by atoms with Gasteiger partial charge in [0, 0.05) is 17.5 Å². The quantitative estimate of drug-likeness (QED) is 0.515. The van der Waals surface area contributed by atoms with Crippen LogP contribution in [0.4, 0.5) is 0 Å². The van der Waals surface area contributed by atoms with Gasteiger partial charge >= 0.3 is 0 Å². The first kappa shape index (κ1) is 21.6. The maximum atomic E-state index is 13.6. The Bertz CT molecular complexity index is 1170. The van der Waals surface area contributed by atoms with E-state index in [9.17, 15) is 9.59 Å². The fraction of sp³-hybridized carbons (Fsp3) is 0.400. The highest BCUT2D eigenvalue weighted by atomic mass is 35.5. The van der Waals surface area contributed by atoms with Gasteiger partial charge in [-0.05, 0) is 63.4 Å². The van der Waals surface area contributed by atoms with Crippen molar-refractivity contribution in [3.63, 3.8) is 0 Å². The van der Waals surface area contributed by atoms with Crippen molar-refractivity contribution in [1.29, 1.82) is 0 Å². The van der Waals surface area contributed by atoms with E-state index in [1.165, 1.54) is 0 Å². The highest BCUT2D eigenvalue weighted by molar-refractivity contribution is 6.31. The second-order valence-electron chi connectivity index (χ2n) is 8.44. The third-order valence-electron chi connectivity index (χ3n) is 6.19. The van der Waals surface area contributed by atoms with Crippen LogP contribution in [0, 0.1) is 12.8 Å². The molecule has 0 bridgehead atoms. The lowest BCUT2D eigenvalue weighted by Gasteiger charge is -2.35. The van der Waals surface area contributed by atoms with Gasteiger partial charge in [-0.1, -0.05) is 42.6 Å². The van der Waals surface area contributed by atoms with E-state index in [2.05, 4.69) is 6.92 Å². The van der Waals surface area contributed by atoms with Gasteiger partial charge in [0.15, 0.2) is 0 Å². The van der Waals surface area contributed by atoms with Gasteiger partial charge in [-0.2, -0.15) is 0 Å². The standard InChI is InChI=1S/C25H28ClN3O2/c1-4-14-28(24(30)18-6-5-7-18)17(3)23-27-22-15-19(26)10-13-21(22)25(31)29(23)20-11-8-16(2)9-12-20/h8-13,15,17-18H,4-7,14H2,1-3H3. The molecule has 1 heterocycles. The van der Waals surface area contributed by atoms with Crippen molar-refractivity contribution >= 4 is 28.4 Å². The summed E-state index contributed by atoms with van der Waals surface area (Å²) in [5, 5.41) is 1.04. The van der Waals surface area contributed by atoms with E-state index >= 15 is 0 Å². The van der Waals surface area contributed by atoms with Gasteiger partial charge in [-0.3, -0.25) is 14.2 Å². The number of hydrogen-bond acceptors (Lipinski definition) is 3. The van der Waals surface area contributed by atoms with E-state index in [0.29, 0.717) is 28.3 Å². The maximum Gasteiger partial charge on any atom is 0.266 e. The molecule has 1 atom stereocenters. The van der Waals surface area contributed by atoms with Crippen molar-refractivity contribution in [3.05, 3.63) is 69.2 Å². The Morgan fingerprint density at radius 1 is 1.23 bits per heavy atom. The van der Waals surface area contributed by atoms with Crippen LogP contribution in [-0.2, 0) is 4.79 Å². The highest BCUT2D eigenvalue weighted by Gasteiger charge is 2.33. The molecule has 0 N–H and O–H groups in total. The summed E-state index contributed by atoms with van der Waals surface area (Å²) in [4.78, 5) is 33.6. The van der Waals surface area contributed by atoms with E-state index in [0.717, 1.165) is 36.9 Å². The van der Waals surface area contributed by atoms with Crippen LogP contribution in [0.1, 0.15) is 57.0 Å². The number of halogens is 1. The number of aryl methyl sites for hydroxylation is 1. The summed E-state index contributed by atoms with van der Waals surface area (Å²) >= 11 is 6.19. The summed E-state index contributed by atoms with van der Waals surface area (Å²) < 4.78 is 1.65. The number of fused-ring (bicyclic) bond motifs is 1. The summed E-state index contributed by atoms with van der Waals surface area (Å²) in [5.74, 6) is 0.810. The minimum absolute atomic E-state index is 0.0865. The summed E-state index contributed by atoms with van der Waals surface area (Å²) in [6.45, 7) is 6.67.